The first-order valence-electron chi connectivity index (χ1n) is 3.73. The molecule has 0 aromatic carbocycles. The Bertz CT molecular complexity index is 190. The van der Waals surface area contributed by atoms with Gasteiger partial charge in [0.25, 0.3) is 0 Å². The van der Waals surface area contributed by atoms with Crippen LogP contribution in [0.25, 0.3) is 0 Å². The van der Waals surface area contributed by atoms with Crippen molar-refractivity contribution in [2.24, 2.45) is 0 Å². The second-order valence-electron chi connectivity index (χ2n) is 2.40. The van der Waals surface area contributed by atoms with Crippen molar-refractivity contribution in [3.8, 4) is 0 Å². The van der Waals surface area contributed by atoms with Crippen LogP contribution in [0.3, 0.4) is 0 Å². The maximum absolute atomic E-state index is 11.2. The summed E-state index contributed by atoms with van der Waals surface area (Å²) in [6, 6.07) is -0.197. The Kier molecular flexibility index (Phi) is 4.51. The second-order valence-corrected chi connectivity index (χ2v) is 2.40. The molecule has 0 aliphatic heterocycles. The van der Waals surface area contributed by atoms with Gasteiger partial charge in [0.15, 0.2) is 5.78 Å². The quantitative estimate of drug-likeness (QED) is 0.616. The standard InChI is InChI=1S/C9H15NO/c1-5-7(3)9(10-4)8(11)6-2/h9-10H,1,6H2,2-4H3. The van der Waals surface area contributed by atoms with Gasteiger partial charge in [-0.15, -0.1) is 5.73 Å². The molecule has 0 aliphatic carbocycles. The Morgan fingerprint density at radius 2 is 2.27 bits per heavy atom. The zero-order valence-electron chi connectivity index (χ0n) is 7.40. The number of ketones is 1. The smallest absolute Gasteiger partial charge is 0.154 e. The molecular weight excluding hydrogens is 138 g/mol. The third-order valence-corrected chi connectivity index (χ3v) is 1.67. The van der Waals surface area contributed by atoms with Crippen LogP contribution in [0, 0.1) is 0 Å². The minimum absolute atomic E-state index is 0.182. The zero-order valence-corrected chi connectivity index (χ0v) is 7.40. The maximum atomic E-state index is 11.2. The Morgan fingerprint density at radius 3 is 2.55 bits per heavy atom. The van der Waals surface area contributed by atoms with Crippen LogP contribution in [0.15, 0.2) is 17.9 Å². The molecule has 1 unspecified atom stereocenters. The van der Waals surface area contributed by atoms with Gasteiger partial charge in [-0.05, 0) is 19.5 Å². The lowest BCUT2D eigenvalue weighted by molar-refractivity contribution is -0.119. The fraction of sp³-hybridized carbons (Fsp3) is 0.556. The maximum Gasteiger partial charge on any atom is 0.154 e. The molecule has 0 spiro atoms. The summed E-state index contributed by atoms with van der Waals surface area (Å²) in [5, 5.41) is 2.91. The number of hydrogen-bond donors (Lipinski definition) is 1. The summed E-state index contributed by atoms with van der Waals surface area (Å²) in [5.74, 6) is 0.182. The van der Waals surface area contributed by atoms with E-state index in [1.54, 1.807) is 7.05 Å². The summed E-state index contributed by atoms with van der Waals surface area (Å²) in [5.41, 5.74) is 3.58. The van der Waals surface area contributed by atoms with Gasteiger partial charge in [-0.1, -0.05) is 13.5 Å². The van der Waals surface area contributed by atoms with Crippen LogP contribution >= 0.6 is 0 Å². The average molecular weight is 153 g/mol. The second kappa shape index (κ2) is 4.89. The van der Waals surface area contributed by atoms with E-state index in [-0.39, 0.29) is 11.8 Å². The molecule has 0 aromatic heterocycles. The molecule has 0 heterocycles. The summed E-state index contributed by atoms with van der Waals surface area (Å²) in [6.07, 6.45) is 0.546. The van der Waals surface area contributed by atoms with Crippen molar-refractivity contribution in [1.29, 1.82) is 0 Å². The number of Topliss-reactive ketones (excluding diaryl/α,β-unsaturated/α-hetero) is 1. The number of hydrogen-bond acceptors (Lipinski definition) is 2. The van der Waals surface area contributed by atoms with E-state index in [0.29, 0.717) is 6.42 Å². The van der Waals surface area contributed by atoms with Gasteiger partial charge in [-0.3, -0.25) is 4.79 Å². The highest BCUT2D eigenvalue weighted by Gasteiger charge is 2.14. The Morgan fingerprint density at radius 1 is 1.73 bits per heavy atom. The molecule has 1 atom stereocenters. The van der Waals surface area contributed by atoms with E-state index in [0.717, 1.165) is 5.57 Å². The molecule has 2 nitrogen and oxygen atoms in total. The first-order chi connectivity index (χ1) is 5.17. The van der Waals surface area contributed by atoms with Crippen LogP contribution < -0.4 is 5.32 Å². The first-order valence-corrected chi connectivity index (χ1v) is 3.73. The van der Waals surface area contributed by atoms with Gasteiger partial charge in [-0.25, -0.2) is 0 Å². The van der Waals surface area contributed by atoms with Gasteiger partial charge >= 0.3 is 0 Å². The zero-order chi connectivity index (χ0) is 8.85. The van der Waals surface area contributed by atoms with Gasteiger partial charge in [0.1, 0.15) is 0 Å². The number of nitrogens with one attached hydrogen (secondary N) is 1. The Balaban J connectivity index is 4.40. The van der Waals surface area contributed by atoms with Crippen molar-refractivity contribution < 1.29 is 4.79 Å². The van der Waals surface area contributed by atoms with E-state index in [1.807, 2.05) is 13.8 Å². The van der Waals surface area contributed by atoms with E-state index in [9.17, 15) is 4.79 Å². The summed E-state index contributed by atoms with van der Waals surface area (Å²) in [6.45, 7) is 7.19. The predicted octanol–water partition coefficient (Wildman–Crippen LogP) is 1.28. The molecule has 0 radical (unpaired) electrons. The number of carbonyl (C=O) groups is 1. The average Bonchev–Trinajstić information content (AvgIpc) is 2.05. The molecule has 1 N–H and O–H groups in total. The topological polar surface area (TPSA) is 29.1 Å². The van der Waals surface area contributed by atoms with Crippen LogP contribution in [-0.2, 0) is 4.79 Å². The van der Waals surface area contributed by atoms with Crippen molar-refractivity contribution in [2.45, 2.75) is 26.3 Å². The number of likely N-dealkylation sites (N-methyl/N-ethyl adjacent to an activating group) is 1. The van der Waals surface area contributed by atoms with Crippen LogP contribution in [-0.4, -0.2) is 18.9 Å². The normalized spacial score (nSPS) is 11.9. The monoisotopic (exact) mass is 153 g/mol. The molecule has 11 heavy (non-hydrogen) atoms. The third-order valence-electron chi connectivity index (χ3n) is 1.67. The van der Waals surface area contributed by atoms with Crippen LogP contribution in [0.5, 0.6) is 0 Å². The first kappa shape index (κ1) is 10.2. The van der Waals surface area contributed by atoms with Gasteiger partial charge in [-0.2, -0.15) is 0 Å². The molecular formula is C9H15NO. The van der Waals surface area contributed by atoms with Crippen LogP contribution in [0.4, 0.5) is 0 Å². The molecule has 0 aromatic rings. The molecule has 2 heteroatoms. The van der Waals surface area contributed by atoms with Crippen molar-refractivity contribution in [2.75, 3.05) is 7.05 Å². The fourth-order valence-electron chi connectivity index (χ4n) is 0.925. The minimum Gasteiger partial charge on any atom is -0.307 e. The van der Waals surface area contributed by atoms with E-state index in [2.05, 4.69) is 17.6 Å². The van der Waals surface area contributed by atoms with Crippen molar-refractivity contribution >= 4 is 5.78 Å². The molecule has 0 saturated carbocycles. The van der Waals surface area contributed by atoms with Gasteiger partial charge in [0.05, 0.1) is 6.04 Å². The van der Waals surface area contributed by atoms with E-state index in [1.165, 1.54) is 0 Å². The number of rotatable bonds is 4. The van der Waals surface area contributed by atoms with E-state index < -0.39 is 0 Å². The van der Waals surface area contributed by atoms with Crippen molar-refractivity contribution in [1.82, 2.24) is 5.32 Å². The van der Waals surface area contributed by atoms with E-state index >= 15 is 0 Å². The largest absolute Gasteiger partial charge is 0.307 e. The van der Waals surface area contributed by atoms with Crippen LogP contribution in [0.2, 0.25) is 0 Å². The van der Waals surface area contributed by atoms with Gasteiger partial charge in [0, 0.05) is 6.42 Å². The lowest BCUT2D eigenvalue weighted by Crippen LogP contribution is -2.34. The molecule has 0 bridgehead atoms. The molecule has 0 fully saturated rings. The molecule has 0 saturated heterocycles. The minimum atomic E-state index is -0.197. The van der Waals surface area contributed by atoms with E-state index in [4.69, 9.17) is 0 Å². The predicted molar refractivity (Wildman–Crippen MR) is 46.5 cm³/mol. The SMILES string of the molecule is C=C=C(C)C(NC)C(=O)CC. The van der Waals surface area contributed by atoms with Crippen molar-refractivity contribution in [3.05, 3.63) is 17.9 Å². The van der Waals surface area contributed by atoms with Gasteiger partial charge < -0.3 is 5.32 Å². The summed E-state index contributed by atoms with van der Waals surface area (Å²) in [7, 11) is 1.76. The van der Waals surface area contributed by atoms with Gasteiger partial charge in [0.2, 0.25) is 0 Å². The Hall–Kier alpha value is -0.850. The third kappa shape index (κ3) is 2.71. The highest BCUT2D eigenvalue weighted by molar-refractivity contribution is 5.86. The molecule has 0 amide bonds. The summed E-state index contributed by atoms with van der Waals surface area (Å²) >= 11 is 0. The van der Waals surface area contributed by atoms with Crippen LogP contribution in [0.1, 0.15) is 20.3 Å². The highest BCUT2D eigenvalue weighted by atomic mass is 16.1. The summed E-state index contributed by atoms with van der Waals surface area (Å²) < 4.78 is 0. The number of carbonyl (C=O) groups excluding carboxylic acids is 1. The fourth-order valence-corrected chi connectivity index (χ4v) is 0.925. The molecule has 0 aliphatic rings. The molecule has 0 rings (SSSR count). The Labute approximate surface area is 68.0 Å². The molecule has 62 valence electrons. The lowest BCUT2D eigenvalue weighted by Gasteiger charge is -2.12. The van der Waals surface area contributed by atoms with Crippen molar-refractivity contribution in [3.63, 3.8) is 0 Å². The lowest BCUT2D eigenvalue weighted by atomic mass is 10.0. The summed E-state index contributed by atoms with van der Waals surface area (Å²) in [4.78, 5) is 11.2. The highest BCUT2D eigenvalue weighted by Crippen LogP contribution is 2.01.